The lowest BCUT2D eigenvalue weighted by Gasteiger charge is -2.33. The van der Waals surface area contributed by atoms with Crippen molar-refractivity contribution in [3.63, 3.8) is 0 Å². The minimum atomic E-state index is 0.295. The van der Waals surface area contributed by atoms with Crippen LogP contribution in [0.15, 0.2) is 24.3 Å². The van der Waals surface area contributed by atoms with Gasteiger partial charge in [-0.1, -0.05) is 39.0 Å². The molecule has 1 heterocycles. The van der Waals surface area contributed by atoms with Crippen LogP contribution < -0.4 is 10.1 Å². The second-order valence-corrected chi connectivity index (χ2v) is 6.77. The van der Waals surface area contributed by atoms with E-state index < -0.39 is 0 Å². The number of para-hydroxylation sites is 1. The Kier molecular flexibility index (Phi) is 5.06. The number of hydrogen-bond donors (Lipinski definition) is 1. The first-order chi connectivity index (χ1) is 9.50. The van der Waals surface area contributed by atoms with Crippen LogP contribution in [0.25, 0.3) is 0 Å². The van der Waals surface area contributed by atoms with Crippen LogP contribution in [0.1, 0.15) is 32.8 Å². The summed E-state index contributed by atoms with van der Waals surface area (Å²) >= 11 is 0. The second-order valence-electron chi connectivity index (χ2n) is 6.77. The Morgan fingerprint density at radius 3 is 2.75 bits per heavy atom. The smallest absolute Gasteiger partial charge is 0.123 e. The molecule has 20 heavy (non-hydrogen) atoms. The molecule has 0 amide bonds. The van der Waals surface area contributed by atoms with Crippen LogP contribution in [0.4, 0.5) is 0 Å². The molecule has 1 fully saturated rings. The average Bonchev–Trinajstić information content (AvgIpc) is 2.64. The third kappa shape index (κ3) is 3.97. The SMILES string of the molecule is COc1ccccc1CN1CCCNC(C(C)(C)C)C1. The Labute approximate surface area is 123 Å². The van der Waals surface area contributed by atoms with E-state index in [9.17, 15) is 0 Å². The normalized spacial score (nSPS) is 21.5. The molecule has 112 valence electrons. The lowest BCUT2D eigenvalue weighted by atomic mass is 9.86. The predicted octanol–water partition coefficient (Wildman–Crippen LogP) is 2.91. The topological polar surface area (TPSA) is 24.5 Å². The molecule has 0 aromatic heterocycles. The van der Waals surface area contributed by atoms with Gasteiger partial charge in [-0.3, -0.25) is 4.90 Å². The molecule has 0 radical (unpaired) electrons. The van der Waals surface area contributed by atoms with E-state index in [0.717, 1.165) is 31.9 Å². The van der Waals surface area contributed by atoms with Gasteiger partial charge in [0.05, 0.1) is 7.11 Å². The van der Waals surface area contributed by atoms with Crippen LogP contribution in [0, 0.1) is 5.41 Å². The van der Waals surface area contributed by atoms with Crippen molar-refractivity contribution in [3.8, 4) is 5.75 Å². The van der Waals surface area contributed by atoms with Crippen LogP contribution in [-0.4, -0.2) is 37.7 Å². The molecule has 1 N–H and O–H groups in total. The van der Waals surface area contributed by atoms with Crippen molar-refractivity contribution in [3.05, 3.63) is 29.8 Å². The summed E-state index contributed by atoms with van der Waals surface area (Å²) in [6.45, 7) is 11.3. The maximum atomic E-state index is 5.47. The Hall–Kier alpha value is -1.06. The Morgan fingerprint density at radius 2 is 2.05 bits per heavy atom. The highest BCUT2D eigenvalue weighted by Crippen LogP contribution is 2.24. The van der Waals surface area contributed by atoms with E-state index in [1.165, 1.54) is 12.0 Å². The molecule has 1 aromatic carbocycles. The molecule has 1 saturated heterocycles. The predicted molar refractivity (Wildman–Crippen MR) is 84.1 cm³/mol. The van der Waals surface area contributed by atoms with Gasteiger partial charge in [-0.05, 0) is 31.0 Å². The van der Waals surface area contributed by atoms with Crippen molar-refractivity contribution in [2.45, 2.75) is 39.8 Å². The summed E-state index contributed by atoms with van der Waals surface area (Å²) < 4.78 is 5.47. The molecule has 1 unspecified atom stereocenters. The number of hydrogen-bond acceptors (Lipinski definition) is 3. The highest BCUT2D eigenvalue weighted by atomic mass is 16.5. The standard InChI is InChI=1S/C17H28N2O/c1-17(2,3)16-13-19(11-7-10-18-16)12-14-8-5-6-9-15(14)20-4/h5-6,8-9,16,18H,7,10-13H2,1-4H3. The zero-order valence-electron chi connectivity index (χ0n) is 13.3. The van der Waals surface area contributed by atoms with Crippen molar-refractivity contribution in [2.24, 2.45) is 5.41 Å². The minimum absolute atomic E-state index is 0.295. The summed E-state index contributed by atoms with van der Waals surface area (Å²) in [5.74, 6) is 0.997. The van der Waals surface area contributed by atoms with Crippen molar-refractivity contribution >= 4 is 0 Å². The quantitative estimate of drug-likeness (QED) is 0.918. The van der Waals surface area contributed by atoms with Gasteiger partial charge >= 0.3 is 0 Å². The molecule has 0 spiro atoms. The Balaban J connectivity index is 2.07. The van der Waals surface area contributed by atoms with Crippen LogP contribution in [0.2, 0.25) is 0 Å². The summed E-state index contributed by atoms with van der Waals surface area (Å²) in [6.07, 6.45) is 1.21. The van der Waals surface area contributed by atoms with E-state index >= 15 is 0 Å². The molecular weight excluding hydrogens is 248 g/mol. The van der Waals surface area contributed by atoms with E-state index in [4.69, 9.17) is 4.74 Å². The number of benzene rings is 1. The molecule has 0 saturated carbocycles. The maximum absolute atomic E-state index is 5.47. The third-order valence-electron chi connectivity index (χ3n) is 4.11. The first kappa shape index (κ1) is 15.3. The van der Waals surface area contributed by atoms with Gasteiger partial charge in [0.1, 0.15) is 5.75 Å². The van der Waals surface area contributed by atoms with Crippen molar-refractivity contribution < 1.29 is 4.74 Å². The highest BCUT2D eigenvalue weighted by Gasteiger charge is 2.28. The average molecular weight is 276 g/mol. The Morgan fingerprint density at radius 1 is 1.30 bits per heavy atom. The molecular formula is C17H28N2O. The van der Waals surface area contributed by atoms with Crippen LogP contribution >= 0.6 is 0 Å². The number of nitrogens with one attached hydrogen (secondary N) is 1. The molecule has 1 aliphatic heterocycles. The number of rotatable bonds is 3. The maximum Gasteiger partial charge on any atom is 0.123 e. The fraction of sp³-hybridized carbons (Fsp3) is 0.647. The zero-order chi connectivity index (χ0) is 14.6. The third-order valence-corrected chi connectivity index (χ3v) is 4.11. The lowest BCUT2D eigenvalue weighted by Crippen LogP contribution is -2.46. The van der Waals surface area contributed by atoms with E-state index in [0.29, 0.717) is 11.5 Å². The molecule has 3 nitrogen and oxygen atoms in total. The van der Waals surface area contributed by atoms with E-state index in [-0.39, 0.29) is 0 Å². The second kappa shape index (κ2) is 6.59. The molecule has 1 aliphatic rings. The van der Waals surface area contributed by atoms with Crippen LogP contribution in [0.5, 0.6) is 5.75 Å². The molecule has 0 aliphatic carbocycles. The van der Waals surface area contributed by atoms with E-state index in [1.54, 1.807) is 7.11 Å². The van der Waals surface area contributed by atoms with Crippen LogP contribution in [0.3, 0.4) is 0 Å². The first-order valence-corrected chi connectivity index (χ1v) is 7.58. The fourth-order valence-electron chi connectivity index (χ4n) is 2.79. The van der Waals surface area contributed by atoms with Gasteiger partial charge in [0.15, 0.2) is 0 Å². The summed E-state index contributed by atoms with van der Waals surface area (Å²) in [7, 11) is 1.75. The van der Waals surface area contributed by atoms with E-state index in [1.807, 2.05) is 12.1 Å². The largest absolute Gasteiger partial charge is 0.496 e. The van der Waals surface area contributed by atoms with Crippen LogP contribution in [-0.2, 0) is 6.54 Å². The summed E-state index contributed by atoms with van der Waals surface area (Å²) in [6, 6.07) is 8.88. The fourth-order valence-corrected chi connectivity index (χ4v) is 2.79. The zero-order valence-corrected chi connectivity index (χ0v) is 13.3. The molecule has 0 bridgehead atoms. The Bertz CT molecular complexity index is 425. The molecule has 2 rings (SSSR count). The van der Waals surface area contributed by atoms with Gasteiger partial charge < -0.3 is 10.1 Å². The van der Waals surface area contributed by atoms with Gasteiger partial charge in [0.25, 0.3) is 0 Å². The van der Waals surface area contributed by atoms with Gasteiger partial charge in [0.2, 0.25) is 0 Å². The summed E-state index contributed by atoms with van der Waals surface area (Å²) in [5, 5.41) is 3.69. The van der Waals surface area contributed by atoms with Gasteiger partial charge in [-0.2, -0.15) is 0 Å². The van der Waals surface area contributed by atoms with Crippen molar-refractivity contribution in [2.75, 3.05) is 26.7 Å². The van der Waals surface area contributed by atoms with E-state index in [2.05, 4.69) is 43.1 Å². The summed E-state index contributed by atoms with van der Waals surface area (Å²) in [5.41, 5.74) is 1.58. The number of nitrogens with zero attached hydrogens (tertiary/aromatic N) is 1. The number of ether oxygens (including phenoxy) is 1. The van der Waals surface area contributed by atoms with Crippen molar-refractivity contribution in [1.82, 2.24) is 10.2 Å². The number of methoxy groups -OCH3 is 1. The van der Waals surface area contributed by atoms with Crippen molar-refractivity contribution in [1.29, 1.82) is 0 Å². The monoisotopic (exact) mass is 276 g/mol. The van der Waals surface area contributed by atoms with Gasteiger partial charge in [-0.15, -0.1) is 0 Å². The van der Waals surface area contributed by atoms with Gasteiger partial charge in [0, 0.05) is 24.7 Å². The summed E-state index contributed by atoms with van der Waals surface area (Å²) in [4.78, 5) is 2.55. The minimum Gasteiger partial charge on any atom is -0.496 e. The molecule has 1 atom stereocenters. The molecule has 3 heteroatoms. The van der Waals surface area contributed by atoms with Gasteiger partial charge in [-0.25, -0.2) is 0 Å². The molecule has 1 aromatic rings. The first-order valence-electron chi connectivity index (χ1n) is 7.58. The lowest BCUT2D eigenvalue weighted by molar-refractivity contribution is 0.191. The highest BCUT2D eigenvalue weighted by molar-refractivity contribution is 5.33.